The number of carbonyl (C=O) groups is 2. The molecule has 2 amide bonds. The highest BCUT2D eigenvalue weighted by Gasteiger charge is 2.22. The third-order valence-corrected chi connectivity index (χ3v) is 5.59. The van der Waals surface area contributed by atoms with Crippen molar-refractivity contribution >= 4 is 17.5 Å². The molecule has 30 heavy (non-hydrogen) atoms. The molecule has 3 aromatic carbocycles. The van der Waals surface area contributed by atoms with E-state index in [-0.39, 0.29) is 11.8 Å². The first-order valence-corrected chi connectivity index (χ1v) is 10.5. The van der Waals surface area contributed by atoms with Gasteiger partial charge in [0.15, 0.2) is 0 Å². The van der Waals surface area contributed by atoms with E-state index < -0.39 is 0 Å². The minimum absolute atomic E-state index is 0.0132. The Hall–Kier alpha value is -3.40. The van der Waals surface area contributed by atoms with Crippen LogP contribution in [0.25, 0.3) is 0 Å². The SMILES string of the molecule is O=C(Nc1ccccc1C(=O)N1CCCC1)c1ccccc1CCc1ccccc1. The molecule has 0 atom stereocenters. The Labute approximate surface area is 177 Å². The van der Waals surface area contributed by atoms with Crippen molar-refractivity contribution in [3.05, 3.63) is 101 Å². The first kappa shape index (κ1) is 19.9. The van der Waals surface area contributed by atoms with Crippen molar-refractivity contribution in [2.24, 2.45) is 0 Å². The summed E-state index contributed by atoms with van der Waals surface area (Å²) in [5.74, 6) is -0.193. The van der Waals surface area contributed by atoms with Crippen LogP contribution < -0.4 is 5.32 Å². The Morgan fingerprint density at radius 3 is 2.13 bits per heavy atom. The summed E-state index contributed by atoms with van der Waals surface area (Å²) in [4.78, 5) is 27.9. The number of aryl methyl sites for hydroxylation is 2. The van der Waals surface area contributed by atoms with Gasteiger partial charge in [0.2, 0.25) is 0 Å². The number of para-hydroxylation sites is 1. The zero-order valence-electron chi connectivity index (χ0n) is 17.0. The van der Waals surface area contributed by atoms with Crippen molar-refractivity contribution in [3.8, 4) is 0 Å². The van der Waals surface area contributed by atoms with Crippen LogP contribution in [0.4, 0.5) is 5.69 Å². The Morgan fingerprint density at radius 1 is 0.733 bits per heavy atom. The molecule has 3 aromatic rings. The molecule has 0 unspecified atom stereocenters. The summed E-state index contributed by atoms with van der Waals surface area (Å²) in [5.41, 5.74) is 4.01. The van der Waals surface area contributed by atoms with Crippen molar-refractivity contribution in [2.75, 3.05) is 18.4 Å². The fourth-order valence-corrected chi connectivity index (χ4v) is 3.94. The Balaban J connectivity index is 1.52. The fourth-order valence-electron chi connectivity index (χ4n) is 3.94. The van der Waals surface area contributed by atoms with Crippen LogP contribution in [0.3, 0.4) is 0 Å². The number of nitrogens with zero attached hydrogens (tertiary/aromatic N) is 1. The minimum atomic E-state index is -0.180. The molecule has 1 aliphatic heterocycles. The summed E-state index contributed by atoms with van der Waals surface area (Å²) in [7, 11) is 0. The second-order valence-electron chi connectivity index (χ2n) is 7.64. The van der Waals surface area contributed by atoms with Crippen LogP contribution in [0.2, 0.25) is 0 Å². The topological polar surface area (TPSA) is 49.4 Å². The molecule has 4 heteroatoms. The van der Waals surface area contributed by atoms with Gasteiger partial charge in [0.05, 0.1) is 11.3 Å². The maximum atomic E-state index is 13.1. The molecule has 1 aliphatic rings. The monoisotopic (exact) mass is 398 g/mol. The van der Waals surface area contributed by atoms with Crippen molar-refractivity contribution in [1.82, 2.24) is 4.90 Å². The summed E-state index contributed by atoms with van der Waals surface area (Å²) in [6.07, 6.45) is 3.72. The van der Waals surface area contributed by atoms with Gasteiger partial charge in [-0.15, -0.1) is 0 Å². The predicted molar refractivity (Wildman–Crippen MR) is 120 cm³/mol. The van der Waals surface area contributed by atoms with Crippen molar-refractivity contribution in [2.45, 2.75) is 25.7 Å². The van der Waals surface area contributed by atoms with Gasteiger partial charge in [-0.2, -0.15) is 0 Å². The van der Waals surface area contributed by atoms with Gasteiger partial charge in [-0.05, 0) is 55.0 Å². The number of nitrogens with one attached hydrogen (secondary N) is 1. The predicted octanol–water partition coefficient (Wildman–Crippen LogP) is 4.96. The number of carbonyl (C=O) groups excluding carboxylic acids is 2. The summed E-state index contributed by atoms with van der Waals surface area (Å²) in [6.45, 7) is 1.56. The van der Waals surface area contributed by atoms with Gasteiger partial charge in [-0.1, -0.05) is 60.7 Å². The van der Waals surface area contributed by atoms with Crippen LogP contribution in [-0.4, -0.2) is 29.8 Å². The maximum absolute atomic E-state index is 13.1. The van der Waals surface area contributed by atoms with Crippen LogP contribution in [0.5, 0.6) is 0 Å². The lowest BCUT2D eigenvalue weighted by Gasteiger charge is -2.18. The van der Waals surface area contributed by atoms with E-state index in [4.69, 9.17) is 0 Å². The Bertz CT molecular complexity index is 1020. The second-order valence-corrected chi connectivity index (χ2v) is 7.64. The van der Waals surface area contributed by atoms with E-state index in [0.29, 0.717) is 16.8 Å². The van der Waals surface area contributed by atoms with Crippen LogP contribution in [0, 0.1) is 0 Å². The molecule has 152 valence electrons. The largest absolute Gasteiger partial charge is 0.339 e. The molecule has 0 bridgehead atoms. The molecule has 1 heterocycles. The molecule has 1 saturated heterocycles. The van der Waals surface area contributed by atoms with E-state index in [1.54, 1.807) is 12.1 Å². The van der Waals surface area contributed by atoms with Gasteiger partial charge < -0.3 is 10.2 Å². The lowest BCUT2D eigenvalue weighted by Crippen LogP contribution is -2.29. The molecule has 0 aromatic heterocycles. The Kier molecular flexibility index (Phi) is 6.23. The van der Waals surface area contributed by atoms with Gasteiger partial charge in [0.1, 0.15) is 0 Å². The highest BCUT2D eigenvalue weighted by Crippen LogP contribution is 2.22. The molecule has 0 aliphatic carbocycles. The third-order valence-electron chi connectivity index (χ3n) is 5.59. The molecular formula is C26H26N2O2. The van der Waals surface area contributed by atoms with Crippen LogP contribution >= 0.6 is 0 Å². The molecule has 4 rings (SSSR count). The van der Waals surface area contributed by atoms with Crippen LogP contribution in [0.1, 0.15) is 44.7 Å². The van der Waals surface area contributed by atoms with E-state index in [1.165, 1.54) is 5.56 Å². The van der Waals surface area contributed by atoms with E-state index in [1.807, 2.05) is 59.5 Å². The average molecular weight is 399 g/mol. The average Bonchev–Trinajstić information content (AvgIpc) is 3.33. The molecule has 0 radical (unpaired) electrons. The maximum Gasteiger partial charge on any atom is 0.255 e. The van der Waals surface area contributed by atoms with Crippen molar-refractivity contribution in [3.63, 3.8) is 0 Å². The minimum Gasteiger partial charge on any atom is -0.339 e. The molecule has 0 saturated carbocycles. The molecule has 4 nitrogen and oxygen atoms in total. The van der Waals surface area contributed by atoms with Gasteiger partial charge in [0.25, 0.3) is 11.8 Å². The summed E-state index contributed by atoms with van der Waals surface area (Å²) >= 11 is 0. The lowest BCUT2D eigenvalue weighted by atomic mass is 9.99. The lowest BCUT2D eigenvalue weighted by molar-refractivity contribution is 0.0794. The van der Waals surface area contributed by atoms with Crippen LogP contribution in [0.15, 0.2) is 78.9 Å². The van der Waals surface area contributed by atoms with E-state index in [9.17, 15) is 9.59 Å². The standard InChI is InChI=1S/C26H26N2O2/c29-25(22-13-5-4-12-21(22)17-16-20-10-2-1-3-11-20)27-24-15-7-6-14-23(24)26(30)28-18-8-9-19-28/h1-7,10-15H,8-9,16-19H2,(H,27,29). The van der Waals surface area contributed by atoms with Gasteiger partial charge in [0, 0.05) is 18.7 Å². The van der Waals surface area contributed by atoms with Crippen molar-refractivity contribution < 1.29 is 9.59 Å². The molecule has 1 N–H and O–H groups in total. The van der Waals surface area contributed by atoms with E-state index >= 15 is 0 Å². The summed E-state index contributed by atoms with van der Waals surface area (Å²) in [5, 5.41) is 2.98. The van der Waals surface area contributed by atoms with E-state index in [0.717, 1.165) is 44.3 Å². The van der Waals surface area contributed by atoms with E-state index in [2.05, 4.69) is 17.4 Å². The number of anilines is 1. The zero-order chi connectivity index (χ0) is 20.8. The summed E-state index contributed by atoms with van der Waals surface area (Å²) < 4.78 is 0. The number of rotatable bonds is 6. The number of hydrogen-bond donors (Lipinski definition) is 1. The fraction of sp³-hybridized carbons (Fsp3) is 0.231. The number of benzene rings is 3. The smallest absolute Gasteiger partial charge is 0.255 e. The molecule has 1 fully saturated rings. The quantitative estimate of drug-likeness (QED) is 0.638. The zero-order valence-corrected chi connectivity index (χ0v) is 17.0. The van der Waals surface area contributed by atoms with Crippen LogP contribution in [-0.2, 0) is 12.8 Å². The van der Waals surface area contributed by atoms with Gasteiger partial charge in [-0.25, -0.2) is 0 Å². The normalized spacial score (nSPS) is 13.3. The van der Waals surface area contributed by atoms with Gasteiger partial charge >= 0.3 is 0 Å². The van der Waals surface area contributed by atoms with Crippen molar-refractivity contribution in [1.29, 1.82) is 0 Å². The molecule has 0 spiro atoms. The first-order chi connectivity index (χ1) is 14.7. The highest BCUT2D eigenvalue weighted by molar-refractivity contribution is 6.09. The first-order valence-electron chi connectivity index (χ1n) is 10.5. The number of hydrogen-bond acceptors (Lipinski definition) is 2. The van der Waals surface area contributed by atoms with Gasteiger partial charge in [-0.3, -0.25) is 9.59 Å². The third kappa shape index (κ3) is 4.60. The molecular weight excluding hydrogens is 372 g/mol. The summed E-state index contributed by atoms with van der Waals surface area (Å²) in [6, 6.07) is 25.2. The number of amides is 2. The Morgan fingerprint density at radius 2 is 1.37 bits per heavy atom. The highest BCUT2D eigenvalue weighted by atomic mass is 16.2. The second kappa shape index (κ2) is 9.40. The number of likely N-dealkylation sites (tertiary alicyclic amines) is 1.